The van der Waals surface area contributed by atoms with E-state index < -0.39 is 17.5 Å². The third-order valence-corrected chi connectivity index (χ3v) is 4.65. The summed E-state index contributed by atoms with van der Waals surface area (Å²) in [5.74, 6) is -2.28. The van der Waals surface area contributed by atoms with Gasteiger partial charge in [0.1, 0.15) is 5.75 Å². The van der Waals surface area contributed by atoms with Gasteiger partial charge >= 0.3 is 11.9 Å². The van der Waals surface area contributed by atoms with Gasteiger partial charge in [0, 0.05) is 5.56 Å². The van der Waals surface area contributed by atoms with Gasteiger partial charge in [0.15, 0.2) is 5.75 Å². The Hall–Kier alpha value is -4.13. The number of ether oxygens (including phenoxy) is 1. The molecule has 31 heavy (non-hydrogen) atoms. The molecular weight excluding hydrogens is 398 g/mol. The summed E-state index contributed by atoms with van der Waals surface area (Å²) in [5.41, 5.74) is 1.26. The van der Waals surface area contributed by atoms with E-state index in [0.29, 0.717) is 17.2 Å². The van der Waals surface area contributed by atoms with Crippen LogP contribution in [0.15, 0.2) is 66.7 Å². The van der Waals surface area contributed by atoms with Crippen molar-refractivity contribution in [2.24, 2.45) is 0 Å². The third kappa shape index (κ3) is 5.08. The number of nitrogens with one attached hydrogen (secondary N) is 1. The van der Waals surface area contributed by atoms with Gasteiger partial charge in [-0.25, -0.2) is 9.59 Å². The summed E-state index contributed by atoms with van der Waals surface area (Å²) in [4.78, 5) is 35.3. The number of carbonyl (C=O) groups is 3. The molecule has 0 aliphatic heterocycles. The van der Waals surface area contributed by atoms with E-state index in [0.717, 1.165) is 11.6 Å². The maximum absolute atomic E-state index is 12.7. The number of hydrogen-bond acceptors (Lipinski definition) is 4. The molecule has 7 heteroatoms. The van der Waals surface area contributed by atoms with Crippen LogP contribution in [-0.4, -0.2) is 28.1 Å². The molecule has 158 valence electrons. The smallest absolute Gasteiger partial charge is 0.336 e. The number of carboxylic acid groups (broad SMARTS) is 2. The minimum Gasteiger partial charge on any atom is -0.478 e. The molecule has 3 rings (SSSR count). The van der Waals surface area contributed by atoms with Crippen molar-refractivity contribution in [1.29, 1.82) is 0 Å². The van der Waals surface area contributed by atoms with E-state index in [1.165, 1.54) is 12.1 Å². The van der Waals surface area contributed by atoms with Crippen LogP contribution in [0.4, 0.5) is 5.69 Å². The molecule has 1 amide bonds. The molecule has 3 N–H and O–H groups in total. The second-order valence-corrected chi connectivity index (χ2v) is 7.15. The quantitative estimate of drug-likeness (QED) is 0.482. The van der Waals surface area contributed by atoms with Crippen LogP contribution in [0, 0.1) is 0 Å². The van der Waals surface area contributed by atoms with E-state index >= 15 is 0 Å². The summed E-state index contributed by atoms with van der Waals surface area (Å²) in [6.07, 6.45) is 0. The highest BCUT2D eigenvalue weighted by Crippen LogP contribution is 2.31. The predicted octanol–water partition coefficient (Wildman–Crippen LogP) is 5.25. The predicted molar refractivity (Wildman–Crippen MR) is 115 cm³/mol. The monoisotopic (exact) mass is 419 g/mol. The number of anilines is 1. The highest BCUT2D eigenvalue weighted by molar-refractivity contribution is 6.05. The lowest BCUT2D eigenvalue weighted by Crippen LogP contribution is -2.12. The minimum atomic E-state index is -1.38. The van der Waals surface area contributed by atoms with Crippen LogP contribution in [0.5, 0.6) is 11.5 Å². The molecule has 0 fully saturated rings. The van der Waals surface area contributed by atoms with Crippen LogP contribution < -0.4 is 10.1 Å². The van der Waals surface area contributed by atoms with Crippen LogP contribution in [0.1, 0.15) is 56.4 Å². The topological polar surface area (TPSA) is 113 Å². The molecule has 7 nitrogen and oxygen atoms in total. The Morgan fingerprint density at radius 2 is 1.48 bits per heavy atom. The molecule has 3 aromatic rings. The van der Waals surface area contributed by atoms with Crippen molar-refractivity contribution in [2.75, 3.05) is 5.32 Å². The molecule has 0 aliphatic rings. The summed E-state index contributed by atoms with van der Waals surface area (Å²) >= 11 is 0. The van der Waals surface area contributed by atoms with Crippen LogP contribution in [0.2, 0.25) is 0 Å². The molecule has 3 aromatic carbocycles. The number of amides is 1. The second-order valence-electron chi connectivity index (χ2n) is 7.15. The third-order valence-electron chi connectivity index (χ3n) is 4.65. The Kier molecular flexibility index (Phi) is 6.35. The molecule has 0 aromatic heterocycles. The van der Waals surface area contributed by atoms with Crippen molar-refractivity contribution in [1.82, 2.24) is 0 Å². The summed E-state index contributed by atoms with van der Waals surface area (Å²) in [7, 11) is 0. The highest BCUT2D eigenvalue weighted by atomic mass is 16.5. The Morgan fingerprint density at radius 1 is 0.839 bits per heavy atom. The average molecular weight is 419 g/mol. The summed E-state index contributed by atoms with van der Waals surface area (Å²) in [6, 6.07) is 17.6. The molecule has 0 spiro atoms. The van der Waals surface area contributed by atoms with Gasteiger partial charge in [-0.3, -0.25) is 4.79 Å². The lowest BCUT2D eigenvalue weighted by Gasteiger charge is -2.13. The summed E-state index contributed by atoms with van der Waals surface area (Å²) < 4.78 is 5.75. The molecule has 0 saturated carbocycles. The fraction of sp³-hybridized carbons (Fsp3) is 0.125. The molecule has 0 saturated heterocycles. The zero-order chi connectivity index (χ0) is 22.5. The molecule has 0 bridgehead atoms. The van der Waals surface area contributed by atoms with Gasteiger partial charge in [0.05, 0.1) is 16.8 Å². The molecule has 0 aliphatic carbocycles. The first-order valence-corrected chi connectivity index (χ1v) is 9.55. The molecule has 0 radical (unpaired) electrons. The van der Waals surface area contributed by atoms with Gasteiger partial charge < -0.3 is 20.3 Å². The van der Waals surface area contributed by atoms with E-state index in [9.17, 15) is 19.5 Å². The number of rotatable bonds is 7. The first-order valence-electron chi connectivity index (χ1n) is 9.55. The molecule has 0 heterocycles. The van der Waals surface area contributed by atoms with E-state index in [1.54, 1.807) is 36.4 Å². The number of benzene rings is 3. The number of aromatic carboxylic acids is 2. The lowest BCUT2D eigenvalue weighted by molar-refractivity contribution is 0.0651. The first kappa shape index (κ1) is 21.6. The minimum absolute atomic E-state index is 0.130. The van der Waals surface area contributed by atoms with Crippen LogP contribution in [0.25, 0.3) is 0 Å². The summed E-state index contributed by atoms with van der Waals surface area (Å²) in [6.45, 7) is 4.14. The van der Waals surface area contributed by atoms with Crippen LogP contribution >= 0.6 is 0 Å². The van der Waals surface area contributed by atoms with E-state index in [-0.39, 0.29) is 23.0 Å². The van der Waals surface area contributed by atoms with Crippen molar-refractivity contribution in [3.05, 3.63) is 89.0 Å². The van der Waals surface area contributed by atoms with Crippen molar-refractivity contribution < 1.29 is 29.3 Å². The molecular formula is C24H21NO6. The average Bonchev–Trinajstić information content (AvgIpc) is 2.74. The van der Waals surface area contributed by atoms with Crippen molar-refractivity contribution in [2.45, 2.75) is 19.8 Å². The zero-order valence-corrected chi connectivity index (χ0v) is 17.0. The first-order chi connectivity index (χ1) is 14.8. The molecule has 0 unspecified atom stereocenters. The van der Waals surface area contributed by atoms with Crippen molar-refractivity contribution >= 4 is 23.5 Å². The number of carboxylic acids is 2. The number of para-hydroxylation sites is 2. The van der Waals surface area contributed by atoms with Gasteiger partial charge in [0.25, 0.3) is 5.91 Å². The number of hydrogen-bond donors (Lipinski definition) is 3. The Morgan fingerprint density at radius 3 is 2.10 bits per heavy atom. The maximum Gasteiger partial charge on any atom is 0.336 e. The molecule has 0 atom stereocenters. The highest BCUT2D eigenvalue weighted by Gasteiger charge is 2.18. The van der Waals surface area contributed by atoms with Crippen LogP contribution in [-0.2, 0) is 0 Å². The van der Waals surface area contributed by atoms with Gasteiger partial charge in [-0.15, -0.1) is 0 Å². The normalized spacial score (nSPS) is 10.5. The fourth-order valence-corrected chi connectivity index (χ4v) is 2.95. The fourth-order valence-electron chi connectivity index (χ4n) is 2.95. The van der Waals surface area contributed by atoms with Gasteiger partial charge in [-0.05, 0) is 53.9 Å². The van der Waals surface area contributed by atoms with Crippen LogP contribution in [0.3, 0.4) is 0 Å². The zero-order valence-electron chi connectivity index (χ0n) is 17.0. The van der Waals surface area contributed by atoms with Crippen molar-refractivity contribution in [3.63, 3.8) is 0 Å². The Labute approximate surface area is 178 Å². The van der Waals surface area contributed by atoms with Gasteiger partial charge in [-0.2, -0.15) is 0 Å². The summed E-state index contributed by atoms with van der Waals surface area (Å²) in [5, 5.41) is 21.2. The van der Waals surface area contributed by atoms with E-state index in [4.69, 9.17) is 9.84 Å². The van der Waals surface area contributed by atoms with Crippen molar-refractivity contribution in [3.8, 4) is 11.5 Å². The van der Waals surface area contributed by atoms with E-state index in [2.05, 4.69) is 19.2 Å². The number of carbonyl (C=O) groups excluding carboxylic acids is 1. The van der Waals surface area contributed by atoms with E-state index in [1.807, 2.05) is 12.1 Å². The largest absolute Gasteiger partial charge is 0.478 e. The Bertz CT molecular complexity index is 1140. The SMILES string of the molecule is CC(C)c1ccc(C(=O)Nc2ccccc2Oc2ccc(C(=O)O)c(C(=O)O)c2)cc1. The Balaban J connectivity index is 1.84. The lowest BCUT2D eigenvalue weighted by atomic mass is 10.0. The second kappa shape index (κ2) is 9.13. The van der Waals surface area contributed by atoms with Gasteiger partial charge in [0.2, 0.25) is 0 Å². The van der Waals surface area contributed by atoms with Gasteiger partial charge in [-0.1, -0.05) is 38.1 Å². The maximum atomic E-state index is 12.7. The standard InChI is InChI=1S/C24H21NO6/c1-14(2)15-7-9-16(10-8-15)22(26)25-20-5-3-4-6-21(20)31-17-11-12-18(23(27)28)19(13-17)24(29)30/h3-14H,1-2H3,(H,25,26)(H,27,28)(H,29,30).